The van der Waals surface area contributed by atoms with Crippen LogP contribution in [0.4, 0.5) is 0 Å². The molecule has 0 spiro atoms. The number of amides is 2. The molecular weight excluding hydrogens is 444 g/mol. The summed E-state index contributed by atoms with van der Waals surface area (Å²) >= 11 is 0. The van der Waals surface area contributed by atoms with Crippen LogP contribution < -0.4 is 9.47 Å². The summed E-state index contributed by atoms with van der Waals surface area (Å²) < 4.78 is 35.1. The van der Waals surface area contributed by atoms with Gasteiger partial charge in [-0.2, -0.15) is 5.26 Å². The van der Waals surface area contributed by atoms with Gasteiger partial charge in [0.05, 0.1) is 31.3 Å². The van der Waals surface area contributed by atoms with Gasteiger partial charge in [0.1, 0.15) is 11.6 Å². The predicted molar refractivity (Wildman–Crippen MR) is 123 cm³/mol. The monoisotopic (exact) mass is 472 g/mol. The number of methoxy groups -OCH3 is 1. The third-order valence-corrected chi connectivity index (χ3v) is 7.55. The Kier molecular flexibility index (Phi) is 7.28. The summed E-state index contributed by atoms with van der Waals surface area (Å²) in [6, 6.07) is 6.32. The zero-order valence-electron chi connectivity index (χ0n) is 19.3. The number of sulfone groups is 1. The topological polar surface area (TPSA) is 114 Å². The van der Waals surface area contributed by atoms with Crippen LogP contribution in [0.2, 0.25) is 0 Å². The van der Waals surface area contributed by atoms with Gasteiger partial charge in [0.25, 0.3) is 11.8 Å². The van der Waals surface area contributed by atoms with Crippen molar-refractivity contribution in [1.29, 1.82) is 5.26 Å². The fraction of sp³-hybridized carbons (Fsp3) is 0.458. The van der Waals surface area contributed by atoms with Crippen LogP contribution in [-0.4, -0.2) is 56.4 Å². The number of nitrogens with zero attached hydrogens (tertiary/aromatic N) is 2. The third-order valence-electron chi connectivity index (χ3n) is 5.80. The fourth-order valence-electron chi connectivity index (χ4n) is 3.87. The standard InChI is InChI=1S/C24H28N2O6S/c1-15(2)7-9-32-21-6-5-17(12-22(21)31-4)11-19-16(3)20(13-25)24(28)26(23(19)27)18-8-10-33(29,30)14-18/h5-6,11-12,15,18H,7-10,14H2,1-4H3/b19-11-. The highest BCUT2D eigenvalue weighted by Crippen LogP contribution is 2.33. The number of imide groups is 1. The first-order valence-electron chi connectivity index (χ1n) is 10.8. The lowest BCUT2D eigenvalue weighted by molar-refractivity contribution is -0.142. The van der Waals surface area contributed by atoms with Gasteiger partial charge in [-0.1, -0.05) is 19.9 Å². The van der Waals surface area contributed by atoms with Crippen molar-refractivity contribution in [3.05, 3.63) is 40.5 Å². The molecule has 33 heavy (non-hydrogen) atoms. The van der Waals surface area contributed by atoms with Gasteiger partial charge in [0.2, 0.25) is 0 Å². The predicted octanol–water partition coefficient (Wildman–Crippen LogP) is 2.90. The van der Waals surface area contributed by atoms with E-state index in [1.807, 2.05) is 6.07 Å². The molecule has 8 nitrogen and oxygen atoms in total. The quantitative estimate of drug-likeness (QED) is 0.443. The van der Waals surface area contributed by atoms with Crippen LogP contribution in [0.25, 0.3) is 6.08 Å². The highest BCUT2D eigenvalue weighted by Gasteiger charge is 2.43. The van der Waals surface area contributed by atoms with Crippen molar-refractivity contribution in [3.63, 3.8) is 0 Å². The molecule has 0 aromatic heterocycles. The zero-order chi connectivity index (χ0) is 24.3. The van der Waals surface area contributed by atoms with E-state index in [-0.39, 0.29) is 34.6 Å². The van der Waals surface area contributed by atoms with Crippen molar-refractivity contribution < 1.29 is 27.5 Å². The Morgan fingerprint density at radius 3 is 2.55 bits per heavy atom. The molecule has 1 atom stereocenters. The number of rotatable bonds is 7. The highest BCUT2D eigenvalue weighted by molar-refractivity contribution is 7.91. The minimum absolute atomic E-state index is 0.0895. The lowest BCUT2D eigenvalue weighted by Gasteiger charge is -2.31. The molecule has 9 heteroatoms. The molecule has 0 N–H and O–H groups in total. The van der Waals surface area contributed by atoms with Gasteiger partial charge >= 0.3 is 0 Å². The molecule has 2 aliphatic rings. The number of hydrogen-bond donors (Lipinski definition) is 0. The van der Waals surface area contributed by atoms with E-state index in [9.17, 15) is 23.3 Å². The van der Waals surface area contributed by atoms with Gasteiger partial charge in [0, 0.05) is 5.57 Å². The van der Waals surface area contributed by atoms with Crippen LogP contribution in [-0.2, 0) is 19.4 Å². The molecule has 1 aromatic carbocycles. The first-order valence-corrected chi connectivity index (χ1v) is 12.6. The Hall–Kier alpha value is -3.12. The average molecular weight is 473 g/mol. The van der Waals surface area contributed by atoms with Crippen LogP contribution in [0, 0.1) is 17.2 Å². The molecule has 1 unspecified atom stereocenters. The molecule has 1 aromatic rings. The molecule has 0 radical (unpaired) electrons. The minimum Gasteiger partial charge on any atom is -0.493 e. The van der Waals surface area contributed by atoms with Crippen molar-refractivity contribution >= 4 is 27.7 Å². The van der Waals surface area contributed by atoms with Crippen molar-refractivity contribution in [2.24, 2.45) is 5.92 Å². The third kappa shape index (κ3) is 5.28. The van der Waals surface area contributed by atoms with Crippen LogP contribution in [0.5, 0.6) is 11.5 Å². The molecule has 2 aliphatic heterocycles. The molecule has 0 aliphatic carbocycles. The fourth-order valence-corrected chi connectivity index (χ4v) is 5.57. The summed E-state index contributed by atoms with van der Waals surface area (Å²) in [5.41, 5.74) is 0.897. The molecule has 1 fully saturated rings. The molecule has 3 rings (SSSR count). The Bertz CT molecular complexity index is 1170. The van der Waals surface area contributed by atoms with Crippen molar-refractivity contribution in [1.82, 2.24) is 4.90 Å². The minimum atomic E-state index is -3.33. The van der Waals surface area contributed by atoms with Crippen molar-refractivity contribution in [2.75, 3.05) is 25.2 Å². The van der Waals surface area contributed by atoms with E-state index < -0.39 is 27.7 Å². The summed E-state index contributed by atoms with van der Waals surface area (Å²) in [6.07, 6.45) is 2.64. The van der Waals surface area contributed by atoms with Crippen molar-refractivity contribution in [3.8, 4) is 17.6 Å². The van der Waals surface area contributed by atoms with Gasteiger partial charge in [-0.25, -0.2) is 8.42 Å². The molecule has 176 valence electrons. The number of carbonyl (C=O) groups is 2. The van der Waals surface area contributed by atoms with E-state index in [0.29, 0.717) is 29.6 Å². The lowest BCUT2D eigenvalue weighted by Crippen LogP contribution is -2.49. The normalized spacial score (nSPS) is 21.6. The maximum atomic E-state index is 13.3. The summed E-state index contributed by atoms with van der Waals surface area (Å²) in [4.78, 5) is 27.0. The Balaban J connectivity index is 1.97. The van der Waals surface area contributed by atoms with Crippen LogP contribution in [0.3, 0.4) is 0 Å². The van der Waals surface area contributed by atoms with Gasteiger partial charge in [-0.05, 0) is 55.0 Å². The van der Waals surface area contributed by atoms with E-state index in [1.165, 1.54) is 7.11 Å². The molecular formula is C24H28N2O6S. The van der Waals surface area contributed by atoms with Gasteiger partial charge < -0.3 is 9.47 Å². The largest absolute Gasteiger partial charge is 0.493 e. The van der Waals surface area contributed by atoms with Crippen LogP contribution in [0.15, 0.2) is 34.9 Å². The maximum absolute atomic E-state index is 13.3. The van der Waals surface area contributed by atoms with Gasteiger partial charge in [0.15, 0.2) is 21.3 Å². The molecule has 0 saturated carbocycles. The zero-order valence-corrected chi connectivity index (χ0v) is 20.1. The second kappa shape index (κ2) is 9.79. The van der Waals surface area contributed by atoms with Gasteiger partial charge in [-0.15, -0.1) is 0 Å². The van der Waals surface area contributed by atoms with Gasteiger partial charge in [-0.3, -0.25) is 14.5 Å². The smallest absolute Gasteiger partial charge is 0.271 e. The maximum Gasteiger partial charge on any atom is 0.271 e. The average Bonchev–Trinajstić information content (AvgIpc) is 3.11. The summed E-state index contributed by atoms with van der Waals surface area (Å²) in [5.74, 6) is -0.149. The Morgan fingerprint density at radius 1 is 1.24 bits per heavy atom. The first-order chi connectivity index (χ1) is 15.6. The number of ether oxygens (including phenoxy) is 2. The Morgan fingerprint density at radius 2 is 1.97 bits per heavy atom. The molecule has 1 saturated heterocycles. The number of hydrogen-bond acceptors (Lipinski definition) is 7. The number of nitriles is 1. The first kappa shape index (κ1) is 24.5. The lowest BCUT2D eigenvalue weighted by atomic mass is 9.92. The molecule has 2 heterocycles. The van der Waals surface area contributed by atoms with E-state index in [0.717, 1.165) is 11.3 Å². The molecule has 2 amide bonds. The summed E-state index contributed by atoms with van der Waals surface area (Å²) in [6.45, 7) is 6.31. The molecule has 0 bridgehead atoms. The van der Waals surface area contributed by atoms with Crippen LogP contribution in [0.1, 0.15) is 39.2 Å². The SMILES string of the molecule is COc1cc(/C=C2\C(=O)N(C3CCS(=O)(=O)C3)C(=O)C(C#N)=C2C)ccc1OCCC(C)C. The van der Waals surface area contributed by atoms with E-state index in [4.69, 9.17) is 9.47 Å². The van der Waals surface area contributed by atoms with E-state index in [1.54, 1.807) is 31.2 Å². The van der Waals surface area contributed by atoms with E-state index >= 15 is 0 Å². The second-order valence-electron chi connectivity index (χ2n) is 8.65. The number of benzene rings is 1. The van der Waals surface area contributed by atoms with E-state index in [2.05, 4.69) is 13.8 Å². The van der Waals surface area contributed by atoms with Crippen LogP contribution >= 0.6 is 0 Å². The van der Waals surface area contributed by atoms with Crippen molar-refractivity contribution in [2.45, 2.75) is 39.7 Å². The number of carbonyl (C=O) groups excluding carboxylic acids is 2. The highest BCUT2D eigenvalue weighted by atomic mass is 32.2. The second-order valence-corrected chi connectivity index (χ2v) is 10.9. The summed E-state index contributed by atoms with van der Waals surface area (Å²) in [7, 11) is -1.81. The Labute approximate surface area is 194 Å². The summed E-state index contributed by atoms with van der Waals surface area (Å²) in [5, 5.41) is 9.56.